The van der Waals surface area contributed by atoms with Gasteiger partial charge in [-0.05, 0) is 75.2 Å². The summed E-state index contributed by atoms with van der Waals surface area (Å²) in [6.07, 6.45) is 5.77. The van der Waals surface area contributed by atoms with Gasteiger partial charge in [-0.3, -0.25) is 9.59 Å². The summed E-state index contributed by atoms with van der Waals surface area (Å²) in [5.74, 6) is -1.77. The molecule has 3 N–H and O–H groups in total. The van der Waals surface area contributed by atoms with Gasteiger partial charge >= 0.3 is 5.97 Å². The Kier molecular flexibility index (Phi) is 5.59. The Balaban J connectivity index is 1.48. The normalized spacial score (nSPS) is 46.0. The van der Waals surface area contributed by atoms with Crippen LogP contribution >= 0.6 is 0 Å². The van der Waals surface area contributed by atoms with E-state index in [1.54, 1.807) is 0 Å². The Labute approximate surface area is 205 Å². The molecule has 0 saturated heterocycles. The molecule has 190 valence electrons. The number of ether oxygens (including phenoxy) is 1. The van der Waals surface area contributed by atoms with E-state index in [0.717, 1.165) is 5.57 Å². The molecule has 9 unspecified atom stereocenters. The van der Waals surface area contributed by atoms with E-state index in [2.05, 4.69) is 6.92 Å². The topological polar surface area (TPSA) is 121 Å². The zero-order valence-electron chi connectivity index (χ0n) is 20.9. The number of aliphatic hydroxyl groups is 3. The number of rotatable bonds is 3. The molecular formula is C28H36O7. The van der Waals surface area contributed by atoms with Crippen molar-refractivity contribution in [3.8, 4) is 0 Å². The van der Waals surface area contributed by atoms with Gasteiger partial charge in [0.05, 0.1) is 29.3 Å². The second kappa shape index (κ2) is 7.95. The van der Waals surface area contributed by atoms with E-state index >= 15 is 0 Å². The first kappa shape index (κ1) is 24.6. The molecule has 0 bridgehead atoms. The van der Waals surface area contributed by atoms with Crippen molar-refractivity contribution in [3.05, 3.63) is 34.9 Å². The van der Waals surface area contributed by atoms with Gasteiger partial charge in [-0.15, -0.1) is 0 Å². The number of aliphatic hydroxyl groups excluding tert-OH is 2. The Hall–Kier alpha value is -2.09. The highest BCUT2D eigenvalue weighted by Crippen LogP contribution is 2.67. The molecule has 4 aliphatic carbocycles. The third-order valence-corrected chi connectivity index (χ3v) is 10.7. The van der Waals surface area contributed by atoms with Crippen LogP contribution < -0.4 is 0 Å². The average molecular weight is 485 g/mol. The van der Waals surface area contributed by atoms with E-state index in [1.807, 2.05) is 20.8 Å². The standard InChI is InChI=1S/C28H36O7/c1-14-11-22(35-25(33)16(14)13-29)15(2)28(34)10-8-17-24-18(7-9-26(17,28)3)27(4)19(12-21(24)31)20(30)5-6-23(27)32/h5-6,12,15,17-18,20,22,24,29-30,34H,7-11,13H2,1-4H3. The largest absolute Gasteiger partial charge is 0.458 e. The lowest BCUT2D eigenvalue weighted by Gasteiger charge is -2.58. The number of ketones is 2. The molecular weight excluding hydrogens is 448 g/mol. The van der Waals surface area contributed by atoms with Crippen molar-refractivity contribution in [1.82, 2.24) is 0 Å². The number of hydrogen-bond donors (Lipinski definition) is 3. The molecule has 1 aliphatic heterocycles. The van der Waals surface area contributed by atoms with E-state index in [-0.39, 0.29) is 41.5 Å². The summed E-state index contributed by atoms with van der Waals surface area (Å²) >= 11 is 0. The number of fused-ring (bicyclic) bond motifs is 5. The molecule has 1 heterocycles. The van der Waals surface area contributed by atoms with E-state index in [9.17, 15) is 29.7 Å². The number of carbonyl (C=O) groups is 3. The van der Waals surface area contributed by atoms with E-state index in [1.165, 1.54) is 18.2 Å². The molecule has 9 atom stereocenters. The lowest BCUT2D eigenvalue weighted by atomic mass is 9.46. The van der Waals surface area contributed by atoms with Gasteiger partial charge in [0.2, 0.25) is 0 Å². The number of hydrogen-bond acceptors (Lipinski definition) is 7. The maximum atomic E-state index is 13.5. The van der Waals surface area contributed by atoms with Gasteiger partial charge in [0.1, 0.15) is 6.10 Å². The SMILES string of the molecule is CC1=C(CO)C(=O)OC(C(C)C2(O)CCC3C4C(=O)C=C5C(O)C=CC(=O)C5(C)C4CCC32C)C1. The Morgan fingerprint density at radius 2 is 1.83 bits per heavy atom. The van der Waals surface area contributed by atoms with Gasteiger partial charge < -0.3 is 20.1 Å². The molecule has 5 aliphatic rings. The molecule has 0 aromatic rings. The van der Waals surface area contributed by atoms with E-state index in [4.69, 9.17) is 4.74 Å². The van der Waals surface area contributed by atoms with Crippen LogP contribution in [0, 0.1) is 34.5 Å². The summed E-state index contributed by atoms with van der Waals surface area (Å²) in [5, 5.41) is 32.3. The quantitative estimate of drug-likeness (QED) is 0.526. The Bertz CT molecular complexity index is 1080. The highest BCUT2D eigenvalue weighted by Gasteiger charge is 2.68. The van der Waals surface area contributed by atoms with Crippen molar-refractivity contribution < 1.29 is 34.4 Å². The van der Waals surface area contributed by atoms with Crippen LogP contribution in [0.1, 0.15) is 59.8 Å². The fourth-order valence-corrected chi connectivity index (χ4v) is 8.41. The summed E-state index contributed by atoms with van der Waals surface area (Å²) in [6.45, 7) is 7.28. The van der Waals surface area contributed by atoms with Crippen LogP contribution in [0.3, 0.4) is 0 Å². The zero-order chi connectivity index (χ0) is 25.5. The van der Waals surface area contributed by atoms with Gasteiger partial charge in [-0.25, -0.2) is 4.79 Å². The maximum Gasteiger partial charge on any atom is 0.336 e. The number of esters is 1. The molecule has 0 amide bonds. The summed E-state index contributed by atoms with van der Waals surface area (Å²) in [5.41, 5.74) is -1.08. The van der Waals surface area contributed by atoms with Crippen LogP contribution in [-0.2, 0) is 19.1 Å². The molecule has 2 fully saturated rings. The van der Waals surface area contributed by atoms with Crippen LogP contribution in [0.2, 0.25) is 0 Å². The van der Waals surface area contributed by atoms with Gasteiger partial charge in [0, 0.05) is 23.7 Å². The maximum absolute atomic E-state index is 13.5. The fourth-order valence-electron chi connectivity index (χ4n) is 8.41. The average Bonchev–Trinajstić information content (AvgIpc) is 3.09. The van der Waals surface area contributed by atoms with Crippen LogP contribution in [0.5, 0.6) is 0 Å². The molecule has 35 heavy (non-hydrogen) atoms. The molecule has 0 radical (unpaired) electrons. The lowest BCUT2D eigenvalue weighted by Crippen LogP contribution is -2.61. The van der Waals surface area contributed by atoms with Crippen molar-refractivity contribution in [2.45, 2.75) is 77.6 Å². The molecule has 0 spiro atoms. The predicted molar refractivity (Wildman–Crippen MR) is 127 cm³/mol. The molecule has 0 aromatic carbocycles. The first-order valence-corrected chi connectivity index (χ1v) is 12.8. The molecule has 7 heteroatoms. The van der Waals surface area contributed by atoms with Gasteiger partial charge in [0.25, 0.3) is 0 Å². The first-order chi connectivity index (χ1) is 16.4. The fraction of sp³-hybridized carbons (Fsp3) is 0.679. The number of cyclic esters (lactones) is 1. The molecule has 7 nitrogen and oxygen atoms in total. The third kappa shape index (κ3) is 3.10. The minimum absolute atomic E-state index is 0.0621. The van der Waals surface area contributed by atoms with Crippen LogP contribution in [0.15, 0.2) is 34.9 Å². The minimum Gasteiger partial charge on any atom is -0.458 e. The second-order valence-corrected chi connectivity index (χ2v) is 11.9. The summed E-state index contributed by atoms with van der Waals surface area (Å²) in [7, 11) is 0. The van der Waals surface area contributed by atoms with Crippen molar-refractivity contribution in [2.75, 3.05) is 6.61 Å². The molecule has 2 saturated carbocycles. The van der Waals surface area contributed by atoms with Gasteiger partial charge in [0.15, 0.2) is 11.6 Å². The highest BCUT2D eigenvalue weighted by molar-refractivity contribution is 6.04. The molecule has 0 aromatic heterocycles. The van der Waals surface area contributed by atoms with Crippen LogP contribution in [0.4, 0.5) is 0 Å². The minimum atomic E-state index is -1.15. The second-order valence-electron chi connectivity index (χ2n) is 11.9. The summed E-state index contributed by atoms with van der Waals surface area (Å²) in [4.78, 5) is 39.1. The number of allylic oxidation sites excluding steroid dienone is 2. The third-order valence-electron chi connectivity index (χ3n) is 10.7. The monoisotopic (exact) mass is 484 g/mol. The Morgan fingerprint density at radius 1 is 1.14 bits per heavy atom. The Morgan fingerprint density at radius 3 is 2.49 bits per heavy atom. The van der Waals surface area contributed by atoms with Gasteiger partial charge in [-0.2, -0.15) is 0 Å². The van der Waals surface area contributed by atoms with Crippen molar-refractivity contribution >= 4 is 17.5 Å². The van der Waals surface area contributed by atoms with E-state index in [0.29, 0.717) is 37.7 Å². The predicted octanol–water partition coefficient (Wildman–Crippen LogP) is 2.44. The van der Waals surface area contributed by atoms with Crippen molar-refractivity contribution in [3.63, 3.8) is 0 Å². The van der Waals surface area contributed by atoms with Crippen molar-refractivity contribution in [2.24, 2.45) is 34.5 Å². The zero-order valence-corrected chi connectivity index (χ0v) is 20.9. The smallest absolute Gasteiger partial charge is 0.336 e. The van der Waals surface area contributed by atoms with Crippen LogP contribution in [-0.4, -0.2) is 57.3 Å². The van der Waals surface area contributed by atoms with Gasteiger partial charge in [-0.1, -0.05) is 19.4 Å². The van der Waals surface area contributed by atoms with Crippen LogP contribution in [0.25, 0.3) is 0 Å². The van der Waals surface area contributed by atoms with Crippen molar-refractivity contribution in [1.29, 1.82) is 0 Å². The number of carbonyl (C=O) groups excluding carboxylic acids is 3. The molecule has 5 rings (SSSR count). The summed E-state index contributed by atoms with van der Waals surface area (Å²) in [6, 6.07) is 0. The summed E-state index contributed by atoms with van der Waals surface area (Å²) < 4.78 is 5.69. The lowest BCUT2D eigenvalue weighted by molar-refractivity contribution is -0.182. The highest BCUT2D eigenvalue weighted by atomic mass is 16.5. The first-order valence-electron chi connectivity index (χ1n) is 12.8. The van der Waals surface area contributed by atoms with E-state index < -0.39 is 40.5 Å².